The zero-order chi connectivity index (χ0) is 21.3. The lowest BCUT2D eigenvalue weighted by Crippen LogP contribution is -2.32. The van der Waals surface area contributed by atoms with Crippen LogP contribution in [-0.4, -0.2) is 29.0 Å². The number of benzene rings is 2. The molecule has 3 rings (SSSR count). The Kier molecular flexibility index (Phi) is 7.72. The molecule has 0 bridgehead atoms. The third-order valence-corrected chi connectivity index (χ3v) is 5.37. The largest absolute Gasteiger partial charge is 0.497 e. The van der Waals surface area contributed by atoms with Gasteiger partial charge in [0.25, 0.3) is 5.91 Å². The van der Waals surface area contributed by atoms with Crippen LogP contribution in [-0.2, 0) is 13.1 Å². The van der Waals surface area contributed by atoms with Gasteiger partial charge in [-0.25, -0.2) is 0 Å². The van der Waals surface area contributed by atoms with Crippen LogP contribution in [0.1, 0.15) is 53.4 Å². The summed E-state index contributed by atoms with van der Waals surface area (Å²) >= 11 is 0. The highest BCUT2D eigenvalue weighted by atomic mass is 16.5. The summed E-state index contributed by atoms with van der Waals surface area (Å²) in [7, 11) is 1.64. The van der Waals surface area contributed by atoms with E-state index < -0.39 is 0 Å². The quantitative estimate of drug-likeness (QED) is 0.407. The van der Waals surface area contributed by atoms with E-state index >= 15 is 0 Å². The van der Waals surface area contributed by atoms with E-state index in [4.69, 9.17) is 4.74 Å². The number of hydrogen-bond acceptors (Lipinski definition) is 2. The molecule has 0 radical (unpaired) electrons. The Morgan fingerprint density at radius 1 is 1.03 bits per heavy atom. The molecule has 0 spiro atoms. The smallest absolute Gasteiger partial charge is 0.254 e. The van der Waals surface area contributed by atoms with Crippen LogP contribution < -0.4 is 4.74 Å². The standard InChI is InChI=1S/C26H32N2O2/c1-4-5-6-16-28(26(29)23-12-14-25(30-3)15-13-23)20-24-11-8-17-27(24)19-22-10-7-9-21(2)18-22/h7-15,17-18H,4-6,16,19-20H2,1-3H3. The van der Waals surface area contributed by atoms with Gasteiger partial charge in [-0.2, -0.15) is 0 Å². The molecule has 4 heteroatoms. The molecule has 0 aliphatic heterocycles. The maximum absolute atomic E-state index is 13.3. The molecule has 0 aliphatic carbocycles. The summed E-state index contributed by atoms with van der Waals surface area (Å²) in [5.41, 5.74) is 4.38. The molecule has 30 heavy (non-hydrogen) atoms. The molecule has 2 aromatic carbocycles. The van der Waals surface area contributed by atoms with Crippen molar-refractivity contribution < 1.29 is 9.53 Å². The minimum Gasteiger partial charge on any atom is -0.497 e. The Balaban J connectivity index is 1.77. The van der Waals surface area contributed by atoms with Gasteiger partial charge in [0, 0.05) is 30.5 Å². The van der Waals surface area contributed by atoms with Crippen LogP contribution in [0.5, 0.6) is 5.75 Å². The van der Waals surface area contributed by atoms with Gasteiger partial charge in [0.15, 0.2) is 0 Å². The van der Waals surface area contributed by atoms with Crippen LogP contribution in [0.2, 0.25) is 0 Å². The summed E-state index contributed by atoms with van der Waals surface area (Å²) in [5, 5.41) is 0. The molecular weight excluding hydrogens is 372 g/mol. The summed E-state index contributed by atoms with van der Waals surface area (Å²) in [5.74, 6) is 0.827. The fourth-order valence-corrected chi connectivity index (χ4v) is 3.67. The van der Waals surface area contributed by atoms with Crippen molar-refractivity contribution in [3.05, 3.63) is 89.2 Å². The fourth-order valence-electron chi connectivity index (χ4n) is 3.67. The van der Waals surface area contributed by atoms with E-state index in [9.17, 15) is 4.79 Å². The van der Waals surface area contributed by atoms with E-state index in [1.54, 1.807) is 7.11 Å². The first-order chi connectivity index (χ1) is 14.6. The Bertz CT molecular complexity index is 944. The fraction of sp³-hybridized carbons (Fsp3) is 0.346. The zero-order valence-electron chi connectivity index (χ0n) is 18.3. The lowest BCUT2D eigenvalue weighted by Gasteiger charge is -2.24. The average molecular weight is 405 g/mol. The second-order valence-electron chi connectivity index (χ2n) is 7.78. The number of ether oxygens (including phenoxy) is 1. The van der Waals surface area contributed by atoms with Crippen LogP contribution in [0.3, 0.4) is 0 Å². The SMILES string of the molecule is CCCCCN(Cc1cccn1Cc1cccc(C)c1)C(=O)c1ccc(OC)cc1. The number of unbranched alkanes of at least 4 members (excludes halogenated alkanes) is 2. The zero-order valence-corrected chi connectivity index (χ0v) is 18.3. The summed E-state index contributed by atoms with van der Waals surface area (Å²) < 4.78 is 7.47. The van der Waals surface area contributed by atoms with Crippen molar-refractivity contribution >= 4 is 5.91 Å². The summed E-state index contributed by atoms with van der Waals surface area (Å²) in [4.78, 5) is 15.2. The van der Waals surface area contributed by atoms with Gasteiger partial charge in [-0.1, -0.05) is 49.6 Å². The predicted octanol–water partition coefficient (Wildman–Crippen LogP) is 5.69. The summed E-state index contributed by atoms with van der Waals surface area (Å²) in [6.45, 7) is 6.47. The van der Waals surface area contributed by atoms with E-state index in [1.165, 1.54) is 11.1 Å². The molecule has 3 aromatic rings. The highest BCUT2D eigenvalue weighted by Gasteiger charge is 2.17. The molecule has 1 aromatic heterocycles. The minimum absolute atomic E-state index is 0.0667. The Morgan fingerprint density at radius 2 is 1.83 bits per heavy atom. The van der Waals surface area contributed by atoms with Crippen LogP contribution in [0, 0.1) is 6.92 Å². The molecule has 1 amide bonds. The molecule has 0 N–H and O–H groups in total. The number of rotatable bonds is 10. The van der Waals surface area contributed by atoms with Crippen LogP contribution in [0.25, 0.3) is 0 Å². The number of nitrogens with zero attached hydrogens (tertiary/aromatic N) is 2. The lowest BCUT2D eigenvalue weighted by atomic mass is 10.1. The molecule has 4 nitrogen and oxygen atoms in total. The number of carbonyl (C=O) groups excluding carboxylic acids is 1. The Labute approximate surface area is 180 Å². The van der Waals surface area contributed by atoms with Crippen LogP contribution in [0.15, 0.2) is 66.9 Å². The molecule has 0 unspecified atom stereocenters. The first-order valence-corrected chi connectivity index (χ1v) is 10.7. The molecule has 158 valence electrons. The van der Waals surface area contributed by atoms with Crippen molar-refractivity contribution in [3.63, 3.8) is 0 Å². The Hall–Kier alpha value is -3.01. The van der Waals surface area contributed by atoms with E-state index in [1.807, 2.05) is 29.2 Å². The van der Waals surface area contributed by atoms with Crippen molar-refractivity contribution in [1.82, 2.24) is 9.47 Å². The maximum Gasteiger partial charge on any atom is 0.254 e. The molecular formula is C26H32N2O2. The van der Waals surface area contributed by atoms with Crippen molar-refractivity contribution in [2.75, 3.05) is 13.7 Å². The maximum atomic E-state index is 13.3. The summed E-state index contributed by atoms with van der Waals surface area (Å²) in [6.07, 6.45) is 5.36. The first kappa shape index (κ1) is 21.7. The molecule has 1 heterocycles. The highest BCUT2D eigenvalue weighted by molar-refractivity contribution is 5.94. The topological polar surface area (TPSA) is 34.5 Å². The summed E-state index contributed by atoms with van der Waals surface area (Å²) in [6, 6.07) is 20.1. The van der Waals surface area contributed by atoms with Gasteiger partial charge < -0.3 is 14.2 Å². The number of aryl methyl sites for hydroxylation is 1. The lowest BCUT2D eigenvalue weighted by molar-refractivity contribution is 0.0736. The number of carbonyl (C=O) groups is 1. The monoisotopic (exact) mass is 404 g/mol. The number of aromatic nitrogens is 1. The van der Waals surface area contributed by atoms with E-state index in [2.05, 4.69) is 61.0 Å². The minimum atomic E-state index is 0.0667. The van der Waals surface area contributed by atoms with Crippen molar-refractivity contribution in [1.29, 1.82) is 0 Å². The highest BCUT2D eigenvalue weighted by Crippen LogP contribution is 2.17. The number of amides is 1. The Morgan fingerprint density at radius 3 is 2.53 bits per heavy atom. The second-order valence-corrected chi connectivity index (χ2v) is 7.78. The van der Waals surface area contributed by atoms with Crippen molar-refractivity contribution in [2.24, 2.45) is 0 Å². The second kappa shape index (κ2) is 10.7. The predicted molar refractivity (Wildman–Crippen MR) is 122 cm³/mol. The van der Waals surface area contributed by atoms with Gasteiger partial charge in [-0.05, 0) is 55.3 Å². The number of hydrogen-bond donors (Lipinski definition) is 0. The molecule has 0 fully saturated rings. The van der Waals surface area contributed by atoms with Gasteiger partial charge >= 0.3 is 0 Å². The average Bonchev–Trinajstić information content (AvgIpc) is 3.19. The molecule has 0 atom stereocenters. The van der Waals surface area contributed by atoms with Gasteiger partial charge in [-0.3, -0.25) is 4.79 Å². The third kappa shape index (κ3) is 5.76. The van der Waals surface area contributed by atoms with E-state index in [-0.39, 0.29) is 5.91 Å². The van der Waals surface area contributed by atoms with E-state index in [0.29, 0.717) is 12.1 Å². The van der Waals surface area contributed by atoms with Crippen molar-refractivity contribution in [3.8, 4) is 5.75 Å². The number of methoxy groups -OCH3 is 1. The van der Waals surface area contributed by atoms with Crippen LogP contribution >= 0.6 is 0 Å². The van der Waals surface area contributed by atoms with E-state index in [0.717, 1.165) is 43.8 Å². The van der Waals surface area contributed by atoms with Crippen molar-refractivity contribution in [2.45, 2.75) is 46.2 Å². The van der Waals surface area contributed by atoms with Gasteiger partial charge in [0.1, 0.15) is 5.75 Å². The van der Waals surface area contributed by atoms with Crippen LogP contribution in [0.4, 0.5) is 0 Å². The molecule has 0 saturated carbocycles. The molecule has 0 aliphatic rings. The molecule has 0 saturated heterocycles. The van der Waals surface area contributed by atoms with Gasteiger partial charge in [0.05, 0.1) is 13.7 Å². The third-order valence-electron chi connectivity index (χ3n) is 5.37. The normalized spacial score (nSPS) is 10.8. The van der Waals surface area contributed by atoms with Gasteiger partial charge in [-0.15, -0.1) is 0 Å². The first-order valence-electron chi connectivity index (χ1n) is 10.7. The van der Waals surface area contributed by atoms with Gasteiger partial charge in [0.2, 0.25) is 0 Å².